The highest BCUT2D eigenvalue weighted by molar-refractivity contribution is 6.07. The summed E-state index contributed by atoms with van der Waals surface area (Å²) in [4.78, 5) is 18.9. The normalized spacial score (nSPS) is 13.0. The number of pyridine rings is 1. The van der Waals surface area contributed by atoms with E-state index >= 15 is 0 Å². The van der Waals surface area contributed by atoms with E-state index in [4.69, 9.17) is 0 Å². The highest BCUT2D eigenvalue weighted by Crippen LogP contribution is 2.29. The van der Waals surface area contributed by atoms with Crippen LogP contribution >= 0.6 is 0 Å². The Balaban J connectivity index is 1.67. The maximum atomic E-state index is 13.1. The summed E-state index contributed by atoms with van der Waals surface area (Å²) < 4.78 is 13.1. The zero-order valence-corrected chi connectivity index (χ0v) is 12.9. The Morgan fingerprint density at radius 1 is 1.00 bits per heavy atom. The number of fused-ring (bicyclic) bond motifs is 1. The van der Waals surface area contributed by atoms with E-state index in [2.05, 4.69) is 11.1 Å². The topological polar surface area (TPSA) is 33.2 Å². The van der Waals surface area contributed by atoms with E-state index in [-0.39, 0.29) is 11.7 Å². The predicted molar refractivity (Wildman–Crippen MR) is 91.5 cm³/mol. The number of para-hydroxylation sites is 1. The summed E-state index contributed by atoms with van der Waals surface area (Å²) in [6.07, 6.45) is 4.13. The van der Waals surface area contributed by atoms with E-state index in [1.807, 2.05) is 24.3 Å². The highest BCUT2D eigenvalue weighted by atomic mass is 19.1. The molecule has 1 amide bonds. The van der Waals surface area contributed by atoms with Crippen molar-refractivity contribution in [2.75, 3.05) is 11.4 Å². The number of carbonyl (C=O) groups is 1. The van der Waals surface area contributed by atoms with Gasteiger partial charge in [-0.15, -0.1) is 0 Å². The smallest absolute Gasteiger partial charge is 0.259 e. The second-order valence-corrected chi connectivity index (χ2v) is 5.80. The van der Waals surface area contributed by atoms with Crippen molar-refractivity contribution in [1.82, 2.24) is 4.98 Å². The van der Waals surface area contributed by atoms with Gasteiger partial charge in [0.1, 0.15) is 5.82 Å². The fourth-order valence-corrected chi connectivity index (χ4v) is 3.06. The molecule has 0 fully saturated rings. The fraction of sp³-hybridized carbons (Fsp3) is 0.100. The number of aromatic nitrogens is 1. The second kappa shape index (κ2) is 5.89. The van der Waals surface area contributed by atoms with E-state index in [0.717, 1.165) is 23.2 Å². The summed E-state index contributed by atoms with van der Waals surface area (Å²) in [5.74, 6) is -0.343. The summed E-state index contributed by atoms with van der Waals surface area (Å²) in [5.41, 5.74) is 4.32. The Morgan fingerprint density at radius 2 is 1.79 bits per heavy atom. The van der Waals surface area contributed by atoms with Crippen molar-refractivity contribution < 1.29 is 9.18 Å². The van der Waals surface area contributed by atoms with Crippen LogP contribution in [0.4, 0.5) is 10.1 Å². The number of anilines is 1. The van der Waals surface area contributed by atoms with Crippen LogP contribution in [0.15, 0.2) is 67.0 Å². The van der Waals surface area contributed by atoms with E-state index in [1.165, 1.54) is 17.7 Å². The third-order valence-electron chi connectivity index (χ3n) is 4.30. The first-order chi connectivity index (χ1) is 11.7. The van der Waals surface area contributed by atoms with Gasteiger partial charge in [0.05, 0.1) is 5.56 Å². The molecule has 0 N–H and O–H groups in total. The van der Waals surface area contributed by atoms with E-state index in [0.29, 0.717) is 12.1 Å². The number of amides is 1. The molecule has 0 radical (unpaired) electrons. The van der Waals surface area contributed by atoms with Gasteiger partial charge in [-0.1, -0.05) is 30.3 Å². The molecular weight excluding hydrogens is 303 g/mol. The van der Waals surface area contributed by atoms with Crippen molar-refractivity contribution >= 4 is 11.6 Å². The van der Waals surface area contributed by atoms with Crippen LogP contribution in [0, 0.1) is 5.82 Å². The van der Waals surface area contributed by atoms with Gasteiger partial charge in [-0.3, -0.25) is 9.78 Å². The molecule has 1 aromatic heterocycles. The first-order valence-corrected chi connectivity index (χ1v) is 7.83. The molecule has 24 heavy (non-hydrogen) atoms. The molecule has 0 atom stereocenters. The van der Waals surface area contributed by atoms with Gasteiger partial charge in [0.25, 0.3) is 5.91 Å². The number of rotatable bonds is 2. The van der Waals surface area contributed by atoms with Gasteiger partial charge in [0.2, 0.25) is 0 Å². The van der Waals surface area contributed by atoms with Crippen LogP contribution in [0.2, 0.25) is 0 Å². The molecule has 1 aliphatic rings. The van der Waals surface area contributed by atoms with E-state index in [9.17, 15) is 9.18 Å². The third-order valence-corrected chi connectivity index (χ3v) is 4.30. The first kappa shape index (κ1) is 14.6. The van der Waals surface area contributed by atoms with Gasteiger partial charge in [-0.2, -0.15) is 0 Å². The maximum absolute atomic E-state index is 13.1. The molecule has 3 aromatic rings. The van der Waals surface area contributed by atoms with Crippen molar-refractivity contribution in [1.29, 1.82) is 0 Å². The average Bonchev–Trinajstić information content (AvgIpc) is 3.06. The van der Waals surface area contributed by atoms with Crippen LogP contribution in [0.25, 0.3) is 11.1 Å². The molecule has 0 aliphatic carbocycles. The average molecular weight is 318 g/mol. The van der Waals surface area contributed by atoms with E-state index in [1.54, 1.807) is 29.4 Å². The minimum Gasteiger partial charge on any atom is -0.308 e. The number of carbonyl (C=O) groups excluding carboxylic acids is 1. The second-order valence-electron chi connectivity index (χ2n) is 5.80. The van der Waals surface area contributed by atoms with Gasteiger partial charge < -0.3 is 4.90 Å². The molecule has 4 heteroatoms. The van der Waals surface area contributed by atoms with Crippen molar-refractivity contribution in [3.8, 4) is 11.1 Å². The Labute approximate surface area is 139 Å². The Kier molecular flexibility index (Phi) is 3.58. The Morgan fingerprint density at radius 3 is 2.62 bits per heavy atom. The summed E-state index contributed by atoms with van der Waals surface area (Å²) in [6, 6.07) is 15.9. The van der Waals surface area contributed by atoms with Crippen molar-refractivity contribution in [2.45, 2.75) is 6.42 Å². The monoisotopic (exact) mass is 318 g/mol. The zero-order chi connectivity index (χ0) is 16.5. The molecule has 0 bridgehead atoms. The minimum atomic E-state index is -0.285. The van der Waals surface area contributed by atoms with Crippen LogP contribution in [-0.4, -0.2) is 17.4 Å². The minimum absolute atomic E-state index is 0.0589. The maximum Gasteiger partial charge on any atom is 0.259 e. The molecule has 2 heterocycles. The number of benzene rings is 2. The van der Waals surface area contributed by atoms with Crippen LogP contribution < -0.4 is 4.90 Å². The molecule has 0 saturated heterocycles. The lowest BCUT2D eigenvalue weighted by Crippen LogP contribution is -2.28. The lowest BCUT2D eigenvalue weighted by Gasteiger charge is -2.17. The quantitative estimate of drug-likeness (QED) is 0.713. The lowest BCUT2D eigenvalue weighted by atomic mass is 10.1. The van der Waals surface area contributed by atoms with Crippen LogP contribution in [0.1, 0.15) is 15.9 Å². The molecule has 4 rings (SSSR count). The Bertz CT molecular complexity index is 906. The molecular formula is C20H15FN2O. The fourth-order valence-electron chi connectivity index (χ4n) is 3.06. The molecule has 0 saturated carbocycles. The van der Waals surface area contributed by atoms with Crippen molar-refractivity contribution in [3.63, 3.8) is 0 Å². The standard InChI is InChI=1S/C20H15FN2O/c21-18-7-5-14(6-8-18)16-11-17(13-22-12-16)20(24)23-10-9-15-3-1-2-4-19(15)23/h1-8,11-13H,9-10H2. The zero-order valence-electron chi connectivity index (χ0n) is 12.9. The van der Waals surface area contributed by atoms with Gasteiger partial charge in [0.15, 0.2) is 0 Å². The number of hydrogen-bond acceptors (Lipinski definition) is 2. The van der Waals surface area contributed by atoms with Crippen molar-refractivity contribution in [2.24, 2.45) is 0 Å². The lowest BCUT2D eigenvalue weighted by molar-refractivity contribution is 0.0989. The van der Waals surface area contributed by atoms with Crippen molar-refractivity contribution in [3.05, 3.63) is 83.9 Å². The van der Waals surface area contributed by atoms with E-state index < -0.39 is 0 Å². The number of nitrogens with zero attached hydrogens (tertiary/aromatic N) is 2. The van der Waals surface area contributed by atoms with Gasteiger partial charge in [-0.05, 0) is 41.8 Å². The van der Waals surface area contributed by atoms with Crippen LogP contribution in [0.5, 0.6) is 0 Å². The van der Waals surface area contributed by atoms with Crippen LogP contribution in [0.3, 0.4) is 0 Å². The van der Waals surface area contributed by atoms with Gasteiger partial charge >= 0.3 is 0 Å². The first-order valence-electron chi connectivity index (χ1n) is 7.83. The molecule has 118 valence electrons. The third kappa shape index (κ3) is 2.56. The molecule has 0 unspecified atom stereocenters. The Hall–Kier alpha value is -3.01. The predicted octanol–water partition coefficient (Wildman–Crippen LogP) is 4.09. The number of hydrogen-bond donors (Lipinski definition) is 0. The van der Waals surface area contributed by atoms with Crippen LogP contribution in [-0.2, 0) is 6.42 Å². The molecule has 3 nitrogen and oxygen atoms in total. The van der Waals surface area contributed by atoms with Gasteiger partial charge in [-0.25, -0.2) is 4.39 Å². The van der Waals surface area contributed by atoms with Gasteiger partial charge in [0, 0.05) is 30.2 Å². The summed E-state index contributed by atoms with van der Waals surface area (Å²) in [7, 11) is 0. The number of halogens is 1. The summed E-state index contributed by atoms with van der Waals surface area (Å²) in [5, 5.41) is 0. The molecule has 0 spiro atoms. The largest absolute Gasteiger partial charge is 0.308 e. The molecule has 2 aromatic carbocycles. The summed E-state index contributed by atoms with van der Waals surface area (Å²) >= 11 is 0. The SMILES string of the molecule is O=C(c1cncc(-c2ccc(F)cc2)c1)N1CCc2ccccc21. The molecule has 1 aliphatic heterocycles. The summed E-state index contributed by atoms with van der Waals surface area (Å²) in [6.45, 7) is 0.680. The highest BCUT2D eigenvalue weighted by Gasteiger charge is 2.25.